The maximum absolute atomic E-state index is 5.44. The third-order valence-electron chi connectivity index (χ3n) is 11.5. The van der Waals surface area contributed by atoms with E-state index >= 15 is 0 Å². The molecule has 10 aromatic carbocycles. The van der Waals surface area contributed by atoms with Crippen molar-refractivity contribution in [3.05, 3.63) is 218 Å². The van der Waals surface area contributed by atoms with Gasteiger partial charge in [0.2, 0.25) is 0 Å². The number of rotatable bonds is 6. The van der Waals surface area contributed by atoms with Gasteiger partial charge in [-0.25, -0.2) is 9.97 Å². The molecule has 0 spiro atoms. The molecule has 11 aromatic rings. The molecule has 1 aromatic heterocycles. The second kappa shape index (κ2) is 14.1. The molecule has 0 saturated carbocycles. The summed E-state index contributed by atoms with van der Waals surface area (Å²) in [5.74, 6) is 0.703. The lowest BCUT2D eigenvalue weighted by Crippen LogP contribution is -1.98. The normalized spacial score (nSPS) is 11.4. The highest BCUT2D eigenvalue weighted by molar-refractivity contribution is 6.22. The molecule has 0 aliphatic rings. The van der Waals surface area contributed by atoms with Crippen LogP contribution in [0.2, 0.25) is 0 Å². The lowest BCUT2D eigenvalue weighted by molar-refractivity contribution is 1.23. The van der Waals surface area contributed by atoms with Gasteiger partial charge < -0.3 is 0 Å². The van der Waals surface area contributed by atoms with E-state index in [1.807, 2.05) is 0 Å². The average molecular weight is 737 g/mol. The smallest absolute Gasteiger partial charge is 0.161 e. The number of nitrogens with zero attached hydrogens (tertiary/aromatic N) is 2. The van der Waals surface area contributed by atoms with Gasteiger partial charge in [-0.05, 0) is 95.0 Å². The Balaban J connectivity index is 1.12. The van der Waals surface area contributed by atoms with Crippen LogP contribution in [0, 0.1) is 0 Å². The van der Waals surface area contributed by atoms with Gasteiger partial charge in [0.05, 0.1) is 11.2 Å². The summed E-state index contributed by atoms with van der Waals surface area (Å²) in [6, 6.07) is 78.2. The van der Waals surface area contributed by atoms with Crippen LogP contribution in [0.15, 0.2) is 218 Å². The van der Waals surface area contributed by atoms with Gasteiger partial charge >= 0.3 is 0 Å². The predicted octanol–water partition coefficient (Wildman–Crippen LogP) is 15.1. The molecule has 0 saturated heterocycles. The van der Waals surface area contributed by atoms with E-state index in [1.54, 1.807) is 0 Å². The molecule has 58 heavy (non-hydrogen) atoms. The Hall–Kier alpha value is -7.68. The monoisotopic (exact) mass is 736 g/mol. The molecule has 0 aliphatic heterocycles. The molecular formula is C56H36N2. The van der Waals surface area contributed by atoms with E-state index in [2.05, 4.69) is 218 Å². The van der Waals surface area contributed by atoms with Crippen LogP contribution in [0.5, 0.6) is 0 Å². The predicted molar refractivity (Wildman–Crippen MR) is 245 cm³/mol. The van der Waals surface area contributed by atoms with Crippen molar-refractivity contribution in [3.8, 4) is 67.2 Å². The van der Waals surface area contributed by atoms with Crippen molar-refractivity contribution in [2.75, 3.05) is 0 Å². The third kappa shape index (κ3) is 5.74. The first-order valence-corrected chi connectivity index (χ1v) is 19.8. The van der Waals surface area contributed by atoms with Gasteiger partial charge in [0.1, 0.15) is 0 Å². The van der Waals surface area contributed by atoms with E-state index in [0.29, 0.717) is 5.82 Å². The molecule has 270 valence electrons. The summed E-state index contributed by atoms with van der Waals surface area (Å²) in [6.07, 6.45) is 0. The Bertz CT molecular complexity index is 3280. The molecular weight excluding hydrogens is 701 g/mol. The highest BCUT2D eigenvalue weighted by atomic mass is 14.9. The van der Waals surface area contributed by atoms with Crippen LogP contribution in [0.4, 0.5) is 0 Å². The minimum Gasteiger partial charge on any atom is -0.228 e. The molecule has 0 unspecified atom stereocenters. The average Bonchev–Trinajstić information content (AvgIpc) is 3.30. The van der Waals surface area contributed by atoms with Gasteiger partial charge in [0.25, 0.3) is 0 Å². The van der Waals surface area contributed by atoms with Gasteiger partial charge in [0.15, 0.2) is 5.82 Å². The largest absolute Gasteiger partial charge is 0.228 e. The molecule has 0 radical (unpaired) electrons. The Kier molecular flexibility index (Phi) is 8.19. The van der Waals surface area contributed by atoms with Crippen LogP contribution >= 0.6 is 0 Å². The Labute approximate surface area is 337 Å². The van der Waals surface area contributed by atoms with E-state index < -0.39 is 0 Å². The fourth-order valence-corrected chi connectivity index (χ4v) is 8.84. The van der Waals surface area contributed by atoms with E-state index in [-0.39, 0.29) is 0 Å². The second-order valence-electron chi connectivity index (χ2n) is 14.9. The number of benzene rings is 10. The third-order valence-corrected chi connectivity index (χ3v) is 11.5. The van der Waals surface area contributed by atoms with Gasteiger partial charge in [0, 0.05) is 16.5 Å². The van der Waals surface area contributed by atoms with Crippen LogP contribution in [-0.4, -0.2) is 9.97 Å². The summed E-state index contributed by atoms with van der Waals surface area (Å²) in [7, 11) is 0. The van der Waals surface area contributed by atoms with Crippen molar-refractivity contribution >= 4 is 43.2 Å². The molecule has 0 bridgehead atoms. The summed E-state index contributed by atoms with van der Waals surface area (Å²) in [5.41, 5.74) is 13.4. The van der Waals surface area contributed by atoms with Crippen LogP contribution in [0.1, 0.15) is 0 Å². The lowest BCUT2D eigenvalue weighted by Gasteiger charge is -2.20. The minimum absolute atomic E-state index is 0.703. The molecule has 0 atom stereocenters. The second-order valence-corrected chi connectivity index (χ2v) is 14.9. The lowest BCUT2D eigenvalue weighted by atomic mass is 9.84. The number of hydrogen-bond acceptors (Lipinski definition) is 2. The Morgan fingerprint density at radius 1 is 0.259 bits per heavy atom. The molecule has 0 amide bonds. The maximum Gasteiger partial charge on any atom is 0.161 e. The zero-order valence-corrected chi connectivity index (χ0v) is 31.7. The van der Waals surface area contributed by atoms with Gasteiger partial charge in [-0.3, -0.25) is 0 Å². The maximum atomic E-state index is 5.44. The van der Waals surface area contributed by atoms with Crippen molar-refractivity contribution < 1.29 is 0 Å². The SMILES string of the molecule is c1ccc(-c2cccc(-c3nc(-c4ccccc4-c4c5ccccc5c(-c5cccc(-c6cccc7ccccc67)c5)c5ccccc45)nc4ccccc34)c2)cc1. The highest BCUT2D eigenvalue weighted by Gasteiger charge is 2.21. The quantitative estimate of drug-likeness (QED) is 0.159. The fraction of sp³-hybridized carbons (Fsp3) is 0. The van der Waals surface area contributed by atoms with Crippen molar-refractivity contribution in [1.82, 2.24) is 9.97 Å². The molecule has 11 rings (SSSR count). The number of aromatic nitrogens is 2. The molecule has 0 fully saturated rings. The zero-order valence-electron chi connectivity index (χ0n) is 31.7. The molecule has 0 N–H and O–H groups in total. The van der Waals surface area contributed by atoms with Crippen LogP contribution < -0.4 is 0 Å². The zero-order chi connectivity index (χ0) is 38.4. The van der Waals surface area contributed by atoms with Crippen LogP contribution in [0.3, 0.4) is 0 Å². The van der Waals surface area contributed by atoms with Crippen molar-refractivity contribution in [3.63, 3.8) is 0 Å². The summed E-state index contributed by atoms with van der Waals surface area (Å²) >= 11 is 0. The first-order chi connectivity index (χ1) is 28.8. The van der Waals surface area contributed by atoms with Gasteiger partial charge in [-0.2, -0.15) is 0 Å². The molecule has 2 heteroatoms. The van der Waals surface area contributed by atoms with Gasteiger partial charge in [-0.1, -0.05) is 200 Å². The van der Waals surface area contributed by atoms with Crippen LogP contribution in [-0.2, 0) is 0 Å². The van der Waals surface area contributed by atoms with Crippen LogP contribution in [0.25, 0.3) is 110 Å². The summed E-state index contributed by atoms with van der Waals surface area (Å²) < 4.78 is 0. The van der Waals surface area contributed by atoms with Crippen molar-refractivity contribution in [2.24, 2.45) is 0 Å². The molecule has 0 aliphatic carbocycles. The highest BCUT2D eigenvalue weighted by Crippen LogP contribution is 2.46. The van der Waals surface area contributed by atoms with Crippen molar-refractivity contribution in [2.45, 2.75) is 0 Å². The Morgan fingerprint density at radius 3 is 1.50 bits per heavy atom. The summed E-state index contributed by atoms with van der Waals surface area (Å²) in [4.78, 5) is 10.7. The summed E-state index contributed by atoms with van der Waals surface area (Å²) in [6.45, 7) is 0. The van der Waals surface area contributed by atoms with E-state index in [9.17, 15) is 0 Å². The number of fused-ring (bicyclic) bond motifs is 4. The summed E-state index contributed by atoms with van der Waals surface area (Å²) in [5, 5.41) is 8.32. The van der Waals surface area contributed by atoms with Gasteiger partial charge in [-0.15, -0.1) is 0 Å². The molecule has 1 heterocycles. The molecule has 2 nitrogen and oxygen atoms in total. The van der Waals surface area contributed by atoms with Crippen molar-refractivity contribution in [1.29, 1.82) is 0 Å². The minimum atomic E-state index is 0.703. The Morgan fingerprint density at radius 2 is 0.741 bits per heavy atom. The first-order valence-electron chi connectivity index (χ1n) is 19.8. The number of hydrogen-bond donors (Lipinski definition) is 0. The topological polar surface area (TPSA) is 25.8 Å². The van der Waals surface area contributed by atoms with E-state index in [0.717, 1.165) is 38.9 Å². The van der Waals surface area contributed by atoms with E-state index in [4.69, 9.17) is 9.97 Å². The fourth-order valence-electron chi connectivity index (χ4n) is 8.84. The van der Waals surface area contributed by atoms with E-state index in [1.165, 1.54) is 65.7 Å². The first kappa shape index (κ1) is 33.6. The number of para-hydroxylation sites is 1. The standard InChI is InChI=1S/C56H36N2/c1-2-17-37(18-3-1)39-21-14-24-42(35-39)55-51-32-12-13-34-52(51)57-56(58-55)50-31-11-10-30-49(50)54-47-28-8-6-26-45(47)53(46-27-7-9-29-48(46)54)41-23-15-22-40(36-41)44-33-16-20-38-19-4-5-25-43(38)44/h1-36H.